The van der Waals surface area contributed by atoms with Crippen LogP contribution in [-0.4, -0.2) is 46.9 Å². The van der Waals surface area contributed by atoms with Gasteiger partial charge in [-0.15, -0.1) is 0 Å². The molecule has 5 N–H and O–H groups in total. The number of hydrazine groups is 1. The number of carbonyl (C=O) groups is 1. The van der Waals surface area contributed by atoms with Gasteiger partial charge in [0.15, 0.2) is 5.79 Å². The summed E-state index contributed by atoms with van der Waals surface area (Å²) in [6.07, 6.45) is 8.80. The van der Waals surface area contributed by atoms with Gasteiger partial charge in [-0.1, -0.05) is 45.0 Å². The molecule has 0 radical (unpaired) electrons. The average Bonchev–Trinajstić information content (AvgIpc) is 3.32. The Bertz CT molecular complexity index is 1100. The topological polar surface area (TPSA) is 108 Å². The first-order chi connectivity index (χ1) is 17.2. The molecule has 1 saturated heterocycles. The van der Waals surface area contributed by atoms with Gasteiger partial charge in [0.1, 0.15) is 0 Å². The Morgan fingerprint density at radius 1 is 1.17 bits per heavy atom. The number of amides is 1. The number of hydrogen-bond donors (Lipinski definition) is 4. The van der Waals surface area contributed by atoms with E-state index in [2.05, 4.69) is 66.1 Å². The third-order valence-corrected chi connectivity index (χ3v) is 6.93. The number of hydrogen-bond acceptors (Lipinski definition) is 7. The standard InChI is InChI=1S/C28H39N7O/c1-27(2,3)22-10-8-20(9-11-22)6-5-7-24-25(34-29)18-31-28(4,33-24)32-23-14-17-35(19-23)26(36)21-12-15-30-16-13-21/h8-13,15-16,18,23,32-34H,5-7,14,17,19,29H2,1-4H3. The maximum atomic E-state index is 12.8. The van der Waals surface area contributed by atoms with Gasteiger partial charge in [0.25, 0.3) is 5.91 Å². The fraction of sp³-hybridized carbons (Fsp3) is 0.464. The second-order valence-corrected chi connectivity index (χ2v) is 10.9. The van der Waals surface area contributed by atoms with E-state index >= 15 is 0 Å². The Labute approximate surface area is 214 Å². The van der Waals surface area contributed by atoms with Gasteiger partial charge in [0.05, 0.1) is 11.9 Å². The summed E-state index contributed by atoms with van der Waals surface area (Å²) < 4.78 is 0. The first kappa shape index (κ1) is 25.9. The third-order valence-electron chi connectivity index (χ3n) is 6.93. The highest BCUT2D eigenvalue weighted by atomic mass is 16.2. The Morgan fingerprint density at radius 2 is 1.89 bits per heavy atom. The van der Waals surface area contributed by atoms with Crippen molar-refractivity contribution < 1.29 is 4.79 Å². The minimum absolute atomic E-state index is 0.0395. The van der Waals surface area contributed by atoms with E-state index in [1.165, 1.54) is 11.1 Å². The van der Waals surface area contributed by atoms with Crippen LogP contribution in [0.25, 0.3) is 0 Å². The number of aromatic nitrogens is 1. The normalized spacial score (nSPS) is 22.0. The lowest BCUT2D eigenvalue weighted by molar-refractivity contribution is 0.0786. The molecule has 0 bridgehead atoms. The van der Waals surface area contributed by atoms with E-state index in [0.717, 1.165) is 37.1 Å². The van der Waals surface area contributed by atoms with Gasteiger partial charge in [-0.05, 0) is 61.3 Å². The minimum atomic E-state index is -0.662. The van der Waals surface area contributed by atoms with E-state index in [4.69, 9.17) is 10.8 Å². The van der Waals surface area contributed by atoms with Crippen molar-refractivity contribution in [3.05, 3.63) is 76.9 Å². The lowest BCUT2D eigenvalue weighted by atomic mass is 9.86. The SMILES string of the molecule is CC1(NC2CCN(C(=O)c3ccncc3)C2)N=CC(NN)=C(CCCc2ccc(C(C)(C)C)cc2)N1. The lowest BCUT2D eigenvalue weighted by Gasteiger charge is -2.36. The number of allylic oxidation sites excluding steroid dienone is 2. The molecule has 1 fully saturated rings. The first-order valence-electron chi connectivity index (χ1n) is 12.8. The fourth-order valence-electron chi connectivity index (χ4n) is 4.84. The summed E-state index contributed by atoms with van der Waals surface area (Å²) in [7, 11) is 0. The molecule has 2 atom stereocenters. The van der Waals surface area contributed by atoms with Crippen LogP contribution in [0.4, 0.5) is 0 Å². The van der Waals surface area contributed by atoms with Gasteiger partial charge < -0.3 is 15.6 Å². The number of pyridine rings is 1. The fourth-order valence-corrected chi connectivity index (χ4v) is 4.84. The summed E-state index contributed by atoms with van der Waals surface area (Å²) in [6.45, 7) is 10.1. The van der Waals surface area contributed by atoms with Crippen LogP contribution in [0.3, 0.4) is 0 Å². The van der Waals surface area contributed by atoms with Gasteiger partial charge >= 0.3 is 0 Å². The summed E-state index contributed by atoms with van der Waals surface area (Å²) in [5.41, 5.74) is 8.14. The third kappa shape index (κ3) is 6.30. The van der Waals surface area contributed by atoms with Crippen molar-refractivity contribution in [2.75, 3.05) is 13.1 Å². The van der Waals surface area contributed by atoms with Gasteiger partial charge in [0.2, 0.25) is 0 Å². The molecule has 0 aliphatic carbocycles. The second-order valence-electron chi connectivity index (χ2n) is 10.9. The number of likely N-dealkylation sites (tertiary alicyclic amines) is 1. The molecule has 2 aliphatic rings. The van der Waals surface area contributed by atoms with E-state index in [9.17, 15) is 4.79 Å². The van der Waals surface area contributed by atoms with Crippen LogP contribution in [-0.2, 0) is 11.8 Å². The summed E-state index contributed by atoms with van der Waals surface area (Å²) in [6, 6.07) is 12.6. The van der Waals surface area contributed by atoms with Gasteiger partial charge in [-0.25, -0.2) is 4.99 Å². The zero-order valence-electron chi connectivity index (χ0n) is 21.8. The number of nitrogens with one attached hydrogen (secondary N) is 3. The summed E-state index contributed by atoms with van der Waals surface area (Å²) in [4.78, 5) is 23.4. The summed E-state index contributed by atoms with van der Waals surface area (Å²) in [5, 5.41) is 7.18. The van der Waals surface area contributed by atoms with Crippen molar-refractivity contribution >= 4 is 12.1 Å². The van der Waals surface area contributed by atoms with Crippen molar-refractivity contribution in [1.29, 1.82) is 0 Å². The number of nitrogens with two attached hydrogens (primary N) is 1. The second kappa shape index (κ2) is 10.8. The van der Waals surface area contributed by atoms with E-state index in [0.29, 0.717) is 18.7 Å². The Hall–Kier alpha value is -3.23. The summed E-state index contributed by atoms with van der Waals surface area (Å²) in [5.74, 6) is 5.16. The van der Waals surface area contributed by atoms with Gasteiger partial charge in [-0.2, -0.15) is 0 Å². The zero-order chi connectivity index (χ0) is 25.8. The number of aryl methyl sites for hydroxylation is 1. The monoisotopic (exact) mass is 489 g/mol. The van der Waals surface area contributed by atoms with Crippen LogP contribution in [0, 0.1) is 0 Å². The Balaban J connectivity index is 1.32. The van der Waals surface area contributed by atoms with Gasteiger partial charge in [0, 0.05) is 42.8 Å². The molecule has 0 spiro atoms. The molecule has 1 amide bonds. The van der Waals surface area contributed by atoms with Crippen molar-refractivity contribution in [3.63, 3.8) is 0 Å². The van der Waals surface area contributed by atoms with Crippen LogP contribution < -0.4 is 21.9 Å². The largest absolute Gasteiger partial charge is 0.351 e. The number of carbonyl (C=O) groups excluding carboxylic acids is 1. The van der Waals surface area contributed by atoms with E-state index < -0.39 is 5.79 Å². The highest BCUT2D eigenvalue weighted by Gasteiger charge is 2.34. The quantitative estimate of drug-likeness (QED) is 0.335. The van der Waals surface area contributed by atoms with Crippen LogP contribution in [0.1, 0.15) is 68.4 Å². The highest BCUT2D eigenvalue weighted by molar-refractivity contribution is 5.94. The molecule has 8 heteroatoms. The molecular formula is C28H39N7O. The zero-order valence-corrected chi connectivity index (χ0v) is 21.8. The Morgan fingerprint density at radius 3 is 2.56 bits per heavy atom. The number of nitrogens with zero attached hydrogens (tertiary/aromatic N) is 3. The maximum Gasteiger partial charge on any atom is 0.254 e. The van der Waals surface area contributed by atoms with E-state index in [1.54, 1.807) is 30.7 Å². The maximum absolute atomic E-state index is 12.8. The molecule has 4 rings (SSSR count). The molecule has 3 heterocycles. The summed E-state index contributed by atoms with van der Waals surface area (Å²) >= 11 is 0. The molecule has 2 aromatic rings. The number of aliphatic imine (C=N–C) groups is 1. The molecule has 192 valence electrons. The molecule has 0 saturated carbocycles. The predicted octanol–water partition coefficient (Wildman–Crippen LogP) is 3.23. The van der Waals surface area contributed by atoms with Crippen molar-refractivity contribution in [2.45, 2.75) is 70.6 Å². The van der Waals surface area contributed by atoms with Crippen LogP contribution in [0.2, 0.25) is 0 Å². The molecule has 2 aliphatic heterocycles. The van der Waals surface area contributed by atoms with E-state index in [1.807, 2.05) is 11.8 Å². The number of benzene rings is 1. The minimum Gasteiger partial charge on any atom is -0.351 e. The van der Waals surface area contributed by atoms with Crippen LogP contribution >= 0.6 is 0 Å². The lowest BCUT2D eigenvalue weighted by Crippen LogP contribution is -2.59. The molecular weight excluding hydrogens is 450 g/mol. The van der Waals surface area contributed by atoms with Crippen LogP contribution in [0.15, 0.2) is 65.2 Å². The first-order valence-corrected chi connectivity index (χ1v) is 12.8. The highest BCUT2D eigenvalue weighted by Crippen LogP contribution is 2.24. The molecule has 1 aromatic carbocycles. The average molecular weight is 490 g/mol. The van der Waals surface area contributed by atoms with Crippen LogP contribution in [0.5, 0.6) is 0 Å². The van der Waals surface area contributed by atoms with Crippen molar-refractivity contribution in [3.8, 4) is 0 Å². The molecule has 2 unspecified atom stereocenters. The molecule has 1 aromatic heterocycles. The number of rotatable bonds is 8. The predicted molar refractivity (Wildman–Crippen MR) is 144 cm³/mol. The smallest absolute Gasteiger partial charge is 0.254 e. The molecule has 8 nitrogen and oxygen atoms in total. The molecule has 36 heavy (non-hydrogen) atoms. The van der Waals surface area contributed by atoms with E-state index in [-0.39, 0.29) is 17.4 Å². The Kier molecular flexibility index (Phi) is 7.76. The van der Waals surface area contributed by atoms with Crippen molar-refractivity contribution in [1.82, 2.24) is 25.9 Å². The van der Waals surface area contributed by atoms with Gasteiger partial charge in [-0.3, -0.25) is 20.9 Å². The van der Waals surface area contributed by atoms with Crippen molar-refractivity contribution in [2.24, 2.45) is 10.8 Å².